The molecule has 0 unspecified atom stereocenters. The molecule has 0 spiro atoms. The van der Waals surface area contributed by atoms with Gasteiger partial charge in [-0.25, -0.2) is 0 Å². The maximum Gasteiger partial charge on any atom is -0.0196 e. The monoisotopic (exact) mass is 258 g/mol. The first-order valence-corrected chi connectivity index (χ1v) is 7.47. The topological polar surface area (TPSA) is 0 Å². The molecule has 0 aromatic carbocycles. The van der Waals surface area contributed by atoms with E-state index < -0.39 is 0 Å². The fourth-order valence-electron chi connectivity index (χ4n) is 2.24. The molecule has 106 valence electrons. The van der Waals surface area contributed by atoms with Crippen molar-refractivity contribution in [2.24, 2.45) is 0 Å². The fraction of sp³-hybridized carbons (Fsp3) is 0.474. The number of hydrogen-bond donors (Lipinski definition) is 0. The highest BCUT2D eigenvalue weighted by molar-refractivity contribution is 5.50. The second kappa shape index (κ2) is 10.6. The maximum atomic E-state index is 3.92. The highest BCUT2D eigenvalue weighted by atomic mass is 14.1. The van der Waals surface area contributed by atoms with E-state index in [0.29, 0.717) is 0 Å². The van der Waals surface area contributed by atoms with Gasteiger partial charge in [0.25, 0.3) is 0 Å². The fourth-order valence-corrected chi connectivity index (χ4v) is 2.24. The Morgan fingerprint density at radius 3 is 2.11 bits per heavy atom. The minimum absolute atomic E-state index is 1.06. The van der Waals surface area contributed by atoms with E-state index in [9.17, 15) is 0 Å². The zero-order valence-electron chi connectivity index (χ0n) is 13.4. The second-order valence-corrected chi connectivity index (χ2v) is 4.76. The number of hydrogen-bond acceptors (Lipinski definition) is 0. The van der Waals surface area contributed by atoms with Gasteiger partial charge in [-0.2, -0.15) is 0 Å². The van der Waals surface area contributed by atoms with Crippen LogP contribution in [0.5, 0.6) is 0 Å². The summed E-state index contributed by atoms with van der Waals surface area (Å²) in [5, 5.41) is 0. The molecule has 0 nitrogen and oxygen atoms in total. The lowest BCUT2D eigenvalue weighted by Gasteiger charge is -2.15. The Kier molecular flexibility index (Phi) is 9.88. The van der Waals surface area contributed by atoms with Crippen LogP contribution in [0, 0.1) is 0 Å². The highest BCUT2D eigenvalue weighted by Crippen LogP contribution is 2.27. The SMILES string of the molecule is C=C/C(C)=C(\C=C/C)C(/CC)=C(/C=C\C)CCCC. The Bertz CT molecular complexity index is 386. The highest BCUT2D eigenvalue weighted by Gasteiger charge is 2.08. The summed E-state index contributed by atoms with van der Waals surface area (Å²) in [5.41, 5.74) is 5.53. The maximum absolute atomic E-state index is 3.92. The summed E-state index contributed by atoms with van der Waals surface area (Å²) >= 11 is 0. The predicted molar refractivity (Wildman–Crippen MR) is 89.4 cm³/mol. The van der Waals surface area contributed by atoms with E-state index >= 15 is 0 Å². The van der Waals surface area contributed by atoms with Gasteiger partial charge in [-0.1, -0.05) is 57.2 Å². The van der Waals surface area contributed by atoms with Gasteiger partial charge in [0, 0.05) is 0 Å². The lowest BCUT2D eigenvalue weighted by atomic mass is 9.90. The lowest BCUT2D eigenvalue weighted by molar-refractivity contribution is 0.789. The summed E-state index contributed by atoms with van der Waals surface area (Å²) in [5.74, 6) is 0. The van der Waals surface area contributed by atoms with Crippen molar-refractivity contribution in [1.29, 1.82) is 0 Å². The third kappa shape index (κ3) is 5.92. The molecule has 0 heterocycles. The molecule has 0 aliphatic carbocycles. The van der Waals surface area contributed by atoms with Crippen LogP contribution >= 0.6 is 0 Å². The zero-order valence-corrected chi connectivity index (χ0v) is 13.4. The average Bonchev–Trinajstić information content (AvgIpc) is 2.43. The van der Waals surface area contributed by atoms with Crippen LogP contribution in [0.4, 0.5) is 0 Å². The van der Waals surface area contributed by atoms with Crippen LogP contribution in [0.25, 0.3) is 0 Å². The number of allylic oxidation sites excluding steroid dienone is 9. The first kappa shape index (κ1) is 17.7. The van der Waals surface area contributed by atoms with Gasteiger partial charge in [-0.3, -0.25) is 0 Å². The molecule has 0 saturated heterocycles. The summed E-state index contributed by atoms with van der Waals surface area (Å²) in [4.78, 5) is 0. The molecule has 0 rings (SSSR count). The van der Waals surface area contributed by atoms with Crippen molar-refractivity contribution in [3.63, 3.8) is 0 Å². The van der Waals surface area contributed by atoms with Crippen LogP contribution in [-0.4, -0.2) is 0 Å². The molecule has 0 radical (unpaired) electrons. The van der Waals surface area contributed by atoms with Crippen molar-refractivity contribution >= 4 is 0 Å². The van der Waals surface area contributed by atoms with Crippen molar-refractivity contribution in [3.8, 4) is 0 Å². The Morgan fingerprint density at radius 1 is 1.05 bits per heavy atom. The van der Waals surface area contributed by atoms with E-state index in [1.54, 1.807) is 0 Å². The molecule has 0 amide bonds. The Morgan fingerprint density at radius 2 is 1.68 bits per heavy atom. The van der Waals surface area contributed by atoms with Crippen molar-refractivity contribution < 1.29 is 0 Å². The molecule has 0 fully saturated rings. The van der Waals surface area contributed by atoms with Crippen LogP contribution in [0.15, 0.2) is 59.3 Å². The van der Waals surface area contributed by atoms with Gasteiger partial charge >= 0.3 is 0 Å². The summed E-state index contributed by atoms with van der Waals surface area (Å²) < 4.78 is 0. The summed E-state index contributed by atoms with van der Waals surface area (Å²) in [7, 11) is 0. The molecule has 0 heteroatoms. The van der Waals surface area contributed by atoms with Crippen molar-refractivity contribution in [2.75, 3.05) is 0 Å². The minimum Gasteiger partial charge on any atom is -0.0988 e. The third-order valence-electron chi connectivity index (χ3n) is 3.30. The van der Waals surface area contributed by atoms with E-state index in [2.05, 4.69) is 65.5 Å². The molecule has 0 aliphatic rings. The normalized spacial score (nSPS) is 14.8. The largest absolute Gasteiger partial charge is 0.0988 e. The average molecular weight is 258 g/mol. The van der Waals surface area contributed by atoms with Gasteiger partial charge in [-0.15, -0.1) is 0 Å². The molecular weight excluding hydrogens is 228 g/mol. The molecule has 0 aliphatic heterocycles. The molecule has 0 bridgehead atoms. The van der Waals surface area contributed by atoms with Crippen LogP contribution in [0.2, 0.25) is 0 Å². The first-order valence-electron chi connectivity index (χ1n) is 7.47. The van der Waals surface area contributed by atoms with Crippen LogP contribution in [0.3, 0.4) is 0 Å². The standard InChI is InChI=1S/C19H30/c1-7-12-15-17(13-8-2)18(11-5)19(14-9-3)16(6)10-4/h8-10,13-14H,4,7,11-12,15H2,1-3,5-6H3/b13-8-,14-9-,18-17-,19-16+. The first-order chi connectivity index (χ1) is 9.15. The number of rotatable bonds is 8. The van der Waals surface area contributed by atoms with Crippen LogP contribution in [-0.2, 0) is 0 Å². The van der Waals surface area contributed by atoms with Gasteiger partial charge in [-0.05, 0) is 62.3 Å². The molecule has 0 N–H and O–H groups in total. The van der Waals surface area contributed by atoms with Crippen molar-refractivity contribution in [3.05, 3.63) is 59.3 Å². The Labute approximate surface area is 120 Å². The Balaban J connectivity index is 5.80. The molecule has 0 aromatic rings. The molecule has 19 heavy (non-hydrogen) atoms. The van der Waals surface area contributed by atoms with Crippen LogP contribution < -0.4 is 0 Å². The minimum atomic E-state index is 1.06. The van der Waals surface area contributed by atoms with Crippen molar-refractivity contribution in [2.45, 2.75) is 60.3 Å². The van der Waals surface area contributed by atoms with E-state index in [-0.39, 0.29) is 0 Å². The predicted octanol–water partition coefficient (Wildman–Crippen LogP) is 6.54. The second-order valence-electron chi connectivity index (χ2n) is 4.76. The lowest BCUT2D eigenvalue weighted by Crippen LogP contribution is -1.95. The summed E-state index contributed by atoms with van der Waals surface area (Å²) in [6, 6.07) is 0. The van der Waals surface area contributed by atoms with E-state index in [4.69, 9.17) is 0 Å². The van der Waals surface area contributed by atoms with Gasteiger partial charge in [0.05, 0.1) is 0 Å². The smallest absolute Gasteiger partial charge is 0.0196 e. The van der Waals surface area contributed by atoms with E-state index in [1.807, 2.05) is 6.08 Å². The van der Waals surface area contributed by atoms with Crippen LogP contribution in [0.1, 0.15) is 60.3 Å². The van der Waals surface area contributed by atoms with E-state index in [0.717, 1.165) is 12.8 Å². The Hall–Kier alpha value is -1.30. The molecular formula is C19H30. The third-order valence-corrected chi connectivity index (χ3v) is 3.30. The zero-order chi connectivity index (χ0) is 14.7. The van der Waals surface area contributed by atoms with Gasteiger partial charge in [0.15, 0.2) is 0 Å². The summed E-state index contributed by atoms with van der Waals surface area (Å²) in [6.45, 7) is 14.7. The molecule has 0 saturated carbocycles. The van der Waals surface area contributed by atoms with Gasteiger partial charge in [0.1, 0.15) is 0 Å². The van der Waals surface area contributed by atoms with Crippen molar-refractivity contribution in [1.82, 2.24) is 0 Å². The van der Waals surface area contributed by atoms with Gasteiger partial charge in [0.2, 0.25) is 0 Å². The number of unbranched alkanes of at least 4 members (excludes halogenated alkanes) is 1. The van der Waals surface area contributed by atoms with E-state index in [1.165, 1.54) is 35.1 Å². The molecule has 0 atom stereocenters. The molecule has 0 aromatic heterocycles. The van der Waals surface area contributed by atoms with Gasteiger partial charge < -0.3 is 0 Å². The summed E-state index contributed by atoms with van der Waals surface area (Å²) in [6.07, 6.45) is 15.4. The quantitative estimate of drug-likeness (QED) is 0.434.